The van der Waals surface area contributed by atoms with E-state index >= 15 is 0 Å². The Bertz CT molecular complexity index is 320. The summed E-state index contributed by atoms with van der Waals surface area (Å²) in [5.74, 6) is 0. The molecular weight excluding hydrogens is 178 g/mol. The van der Waals surface area contributed by atoms with Crippen LogP contribution in [0.1, 0.15) is 0 Å². The molecule has 68 valence electrons. The van der Waals surface area contributed by atoms with Crippen LogP contribution in [0.25, 0.3) is 0 Å². The monoisotopic (exact) mass is 189 g/mol. The van der Waals surface area contributed by atoms with Crippen LogP contribution in [0, 0.1) is 0 Å². The van der Waals surface area contributed by atoms with Gasteiger partial charge in [-0.05, 0) is 12.1 Å². The first-order chi connectivity index (χ1) is 5.17. The molecule has 0 radical (unpaired) electrons. The summed E-state index contributed by atoms with van der Waals surface area (Å²) in [5.41, 5.74) is 0. The van der Waals surface area contributed by atoms with E-state index in [1.165, 1.54) is 12.1 Å². The van der Waals surface area contributed by atoms with Gasteiger partial charge in [0.15, 0.2) is 0 Å². The quantitative estimate of drug-likeness (QED) is 0.708. The van der Waals surface area contributed by atoms with Crippen molar-refractivity contribution in [1.29, 1.82) is 0 Å². The molecule has 4 nitrogen and oxygen atoms in total. The third-order valence-corrected chi connectivity index (χ3v) is 2.54. The molecule has 0 unspecified atom stereocenters. The first-order valence-corrected chi connectivity index (χ1v) is 4.43. The molecule has 0 amide bonds. The van der Waals surface area contributed by atoms with Gasteiger partial charge in [-0.2, -0.15) is 8.42 Å². The predicted molar refractivity (Wildman–Crippen MR) is 45.7 cm³/mol. The third kappa shape index (κ3) is 2.30. The molecule has 0 aliphatic rings. The number of hydrogen-bond donors (Lipinski definition) is 1. The zero-order valence-electron chi connectivity index (χ0n) is 6.73. The number of hydrogen-bond acceptors (Lipinski definition) is 4. The van der Waals surface area contributed by atoms with Crippen molar-refractivity contribution in [2.45, 2.75) is 4.90 Å². The van der Waals surface area contributed by atoms with Crippen molar-refractivity contribution in [3.8, 4) is 0 Å². The van der Waals surface area contributed by atoms with Gasteiger partial charge >= 0.3 is 0 Å². The largest absolute Gasteiger partial charge is 0.344 e. The highest BCUT2D eigenvalue weighted by Gasteiger charge is 2.10. The minimum atomic E-state index is -3.50. The van der Waals surface area contributed by atoms with Crippen molar-refractivity contribution in [2.75, 3.05) is 7.11 Å². The van der Waals surface area contributed by atoms with E-state index in [9.17, 15) is 8.42 Å². The molecule has 0 spiro atoms. The van der Waals surface area contributed by atoms with Gasteiger partial charge in [-0.3, -0.25) is 4.18 Å². The van der Waals surface area contributed by atoms with E-state index in [2.05, 4.69) is 4.18 Å². The molecule has 1 aromatic rings. The molecule has 1 rings (SSSR count). The van der Waals surface area contributed by atoms with Crippen LogP contribution in [0.3, 0.4) is 0 Å². The van der Waals surface area contributed by atoms with E-state index in [0.29, 0.717) is 0 Å². The predicted octanol–water partition coefficient (Wildman–Crippen LogP) is 1.18. The second-order valence-electron chi connectivity index (χ2n) is 1.93. The van der Waals surface area contributed by atoms with Gasteiger partial charge in [0.05, 0.1) is 12.0 Å². The van der Waals surface area contributed by atoms with Crippen LogP contribution in [0.4, 0.5) is 0 Å². The lowest BCUT2D eigenvalue weighted by Crippen LogP contribution is -2.01. The number of benzene rings is 1. The zero-order chi connectivity index (χ0) is 8.32. The van der Waals surface area contributed by atoms with Crippen molar-refractivity contribution in [3.05, 3.63) is 30.3 Å². The van der Waals surface area contributed by atoms with E-state index in [1.807, 2.05) is 0 Å². The lowest BCUT2D eigenvalue weighted by Gasteiger charge is -1.98. The molecule has 0 saturated heterocycles. The average Bonchev–Trinajstić information content (AvgIpc) is 2.06. The van der Waals surface area contributed by atoms with E-state index in [1.54, 1.807) is 18.2 Å². The second-order valence-corrected chi connectivity index (χ2v) is 3.65. The summed E-state index contributed by atoms with van der Waals surface area (Å²) in [6, 6.07) is 8.00. The fourth-order valence-corrected chi connectivity index (χ4v) is 1.37. The molecule has 0 aromatic heterocycles. The lowest BCUT2D eigenvalue weighted by atomic mass is 10.4. The van der Waals surface area contributed by atoms with E-state index in [4.69, 9.17) is 0 Å². The van der Waals surface area contributed by atoms with Gasteiger partial charge in [-0.15, -0.1) is 0 Å². The van der Waals surface area contributed by atoms with Crippen LogP contribution in [0.15, 0.2) is 35.2 Å². The molecular formula is C7H11NO3S. The molecule has 5 heteroatoms. The Morgan fingerprint density at radius 1 is 1.17 bits per heavy atom. The van der Waals surface area contributed by atoms with Crippen molar-refractivity contribution < 1.29 is 12.6 Å². The van der Waals surface area contributed by atoms with E-state index in [-0.39, 0.29) is 11.0 Å². The Morgan fingerprint density at radius 3 is 2.08 bits per heavy atom. The Balaban J connectivity index is 0.00000121. The van der Waals surface area contributed by atoms with E-state index < -0.39 is 10.1 Å². The maximum atomic E-state index is 11.0. The summed E-state index contributed by atoms with van der Waals surface area (Å²) < 4.78 is 26.3. The van der Waals surface area contributed by atoms with Gasteiger partial charge in [-0.25, -0.2) is 0 Å². The summed E-state index contributed by atoms with van der Waals surface area (Å²) in [6.45, 7) is 0. The van der Waals surface area contributed by atoms with Gasteiger partial charge in [0.25, 0.3) is 10.1 Å². The van der Waals surface area contributed by atoms with Gasteiger partial charge < -0.3 is 6.15 Å². The van der Waals surface area contributed by atoms with Crippen molar-refractivity contribution >= 4 is 10.1 Å². The zero-order valence-corrected chi connectivity index (χ0v) is 7.54. The minimum Gasteiger partial charge on any atom is -0.344 e. The average molecular weight is 189 g/mol. The molecule has 0 saturated carbocycles. The molecule has 0 heterocycles. The topological polar surface area (TPSA) is 78.4 Å². The van der Waals surface area contributed by atoms with Crippen LogP contribution in [-0.4, -0.2) is 15.5 Å². The lowest BCUT2D eigenvalue weighted by molar-refractivity contribution is 0.398. The number of rotatable bonds is 2. The molecule has 1 aromatic carbocycles. The summed E-state index contributed by atoms with van der Waals surface area (Å²) in [5, 5.41) is 0. The molecule has 12 heavy (non-hydrogen) atoms. The van der Waals surface area contributed by atoms with Crippen LogP contribution < -0.4 is 6.15 Å². The second kappa shape index (κ2) is 4.20. The summed E-state index contributed by atoms with van der Waals surface area (Å²) >= 11 is 0. The Hall–Kier alpha value is -0.910. The Morgan fingerprint density at radius 2 is 1.67 bits per heavy atom. The summed E-state index contributed by atoms with van der Waals surface area (Å²) in [6.07, 6.45) is 0. The molecule has 3 N–H and O–H groups in total. The Labute approximate surface area is 71.9 Å². The van der Waals surface area contributed by atoms with Gasteiger partial charge in [0, 0.05) is 0 Å². The highest BCUT2D eigenvalue weighted by Crippen LogP contribution is 2.09. The highest BCUT2D eigenvalue weighted by molar-refractivity contribution is 7.86. The van der Waals surface area contributed by atoms with Crippen LogP contribution in [0.2, 0.25) is 0 Å². The van der Waals surface area contributed by atoms with Crippen LogP contribution >= 0.6 is 0 Å². The molecule has 0 bridgehead atoms. The fourth-order valence-electron chi connectivity index (χ4n) is 0.683. The molecule has 0 aliphatic carbocycles. The smallest absolute Gasteiger partial charge is 0.296 e. The van der Waals surface area contributed by atoms with Crippen molar-refractivity contribution in [3.63, 3.8) is 0 Å². The molecule has 0 aliphatic heterocycles. The SMILES string of the molecule is COS(=O)(=O)c1ccccc1.N. The van der Waals surface area contributed by atoms with Gasteiger partial charge in [0.2, 0.25) is 0 Å². The normalized spacial score (nSPS) is 10.4. The Kier molecular flexibility index (Phi) is 3.88. The highest BCUT2D eigenvalue weighted by atomic mass is 32.2. The summed E-state index contributed by atoms with van der Waals surface area (Å²) in [7, 11) is -2.36. The van der Waals surface area contributed by atoms with E-state index in [0.717, 1.165) is 7.11 Å². The van der Waals surface area contributed by atoms with Gasteiger partial charge in [0.1, 0.15) is 0 Å². The molecule has 0 atom stereocenters. The van der Waals surface area contributed by atoms with Crippen LogP contribution in [-0.2, 0) is 14.3 Å². The molecule has 0 fully saturated rings. The third-order valence-electron chi connectivity index (χ3n) is 1.25. The standard InChI is InChI=1S/C7H8O3S.H3N/c1-10-11(8,9)7-5-3-2-4-6-7;/h2-6H,1H3;1H3. The van der Waals surface area contributed by atoms with Crippen molar-refractivity contribution in [1.82, 2.24) is 6.15 Å². The van der Waals surface area contributed by atoms with Crippen LogP contribution in [0.5, 0.6) is 0 Å². The summed E-state index contributed by atoms with van der Waals surface area (Å²) in [4.78, 5) is 0.183. The van der Waals surface area contributed by atoms with Crippen molar-refractivity contribution in [2.24, 2.45) is 0 Å². The fraction of sp³-hybridized carbons (Fsp3) is 0.143. The first kappa shape index (κ1) is 11.1. The maximum absolute atomic E-state index is 11.0. The minimum absolute atomic E-state index is 0. The first-order valence-electron chi connectivity index (χ1n) is 3.02. The maximum Gasteiger partial charge on any atom is 0.296 e. The van der Waals surface area contributed by atoms with Gasteiger partial charge in [-0.1, -0.05) is 18.2 Å².